The number of hydrogen-bond acceptors (Lipinski definition) is 3. The van der Waals surface area contributed by atoms with Crippen LogP contribution < -0.4 is 0 Å². The first-order chi connectivity index (χ1) is 12.3. The van der Waals surface area contributed by atoms with Crippen molar-refractivity contribution in [3.8, 4) is 0 Å². The summed E-state index contributed by atoms with van der Waals surface area (Å²) in [6, 6.07) is 14.9. The second kappa shape index (κ2) is 6.89. The molecule has 4 rings (SSSR count). The number of nitrogens with zero attached hydrogens (tertiary/aromatic N) is 2. The Labute approximate surface area is 144 Å². The zero-order chi connectivity index (χ0) is 17.1. The number of hydrogen-bond donors (Lipinski definition) is 1. The maximum atomic E-state index is 13.7. The SMILES string of the molecule is Fc1ccccc1Cc1noc(CCCc2c[nH]c3ccccc23)n1. The van der Waals surface area contributed by atoms with E-state index in [4.69, 9.17) is 4.52 Å². The highest BCUT2D eigenvalue weighted by atomic mass is 19.1. The minimum absolute atomic E-state index is 0.242. The third kappa shape index (κ3) is 3.45. The lowest BCUT2D eigenvalue weighted by atomic mass is 10.1. The highest BCUT2D eigenvalue weighted by Gasteiger charge is 2.10. The molecule has 25 heavy (non-hydrogen) atoms. The summed E-state index contributed by atoms with van der Waals surface area (Å²) in [6.45, 7) is 0. The van der Waals surface area contributed by atoms with Gasteiger partial charge in [-0.3, -0.25) is 0 Å². The predicted octanol–water partition coefficient (Wildman–Crippen LogP) is 4.46. The minimum Gasteiger partial charge on any atom is -0.361 e. The molecule has 4 nitrogen and oxygen atoms in total. The second-order valence-corrected chi connectivity index (χ2v) is 6.09. The molecule has 0 radical (unpaired) electrons. The van der Waals surface area contributed by atoms with E-state index in [0.717, 1.165) is 18.4 Å². The lowest BCUT2D eigenvalue weighted by Crippen LogP contribution is -1.95. The highest BCUT2D eigenvalue weighted by molar-refractivity contribution is 5.82. The van der Waals surface area contributed by atoms with Gasteiger partial charge in [-0.15, -0.1) is 0 Å². The monoisotopic (exact) mass is 335 g/mol. The zero-order valence-corrected chi connectivity index (χ0v) is 13.7. The van der Waals surface area contributed by atoms with Gasteiger partial charge >= 0.3 is 0 Å². The zero-order valence-electron chi connectivity index (χ0n) is 13.7. The average molecular weight is 335 g/mol. The largest absolute Gasteiger partial charge is 0.361 e. The Balaban J connectivity index is 1.36. The summed E-state index contributed by atoms with van der Waals surface area (Å²) in [5.74, 6) is 0.881. The van der Waals surface area contributed by atoms with Crippen molar-refractivity contribution in [2.24, 2.45) is 0 Å². The third-order valence-corrected chi connectivity index (χ3v) is 4.33. The quantitative estimate of drug-likeness (QED) is 0.566. The average Bonchev–Trinajstić information content (AvgIpc) is 3.25. The van der Waals surface area contributed by atoms with Crippen LogP contribution in [0.3, 0.4) is 0 Å². The van der Waals surface area contributed by atoms with Gasteiger partial charge in [0.2, 0.25) is 5.89 Å². The van der Waals surface area contributed by atoms with Gasteiger partial charge in [0.1, 0.15) is 5.82 Å². The van der Waals surface area contributed by atoms with Gasteiger partial charge in [-0.25, -0.2) is 4.39 Å². The molecule has 0 amide bonds. The van der Waals surface area contributed by atoms with Crippen LogP contribution in [0.1, 0.15) is 29.3 Å². The van der Waals surface area contributed by atoms with Crippen molar-refractivity contribution in [2.45, 2.75) is 25.7 Å². The molecular formula is C20H18FN3O. The molecule has 2 aromatic carbocycles. The maximum Gasteiger partial charge on any atom is 0.226 e. The Hall–Kier alpha value is -2.95. The number of fused-ring (bicyclic) bond motifs is 1. The van der Waals surface area contributed by atoms with Gasteiger partial charge in [0.05, 0.1) is 0 Å². The standard InChI is InChI=1S/C20H18FN3O/c21-17-9-3-1-6-14(17)12-19-23-20(25-24-19)11-5-7-15-13-22-18-10-4-2-8-16(15)18/h1-4,6,8-10,13,22H,5,7,11-12H2. The van der Waals surface area contributed by atoms with Crippen molar-refractivity contribution < 1.29 is 8.91 Å². The number of aromatic amines is 1. The molecule has 0 fully saturated rings. The number of benzene rings is 2. The van der Waals surface area contributed by atoms with E-state index in [-0.39, 0.29) is 5.82 Å². The number of H-pyrrole nitrogens is 1. The van der Waals surface area contributed by atoms with Crippen LogP contribution in [0.2, 0.25) is 0 Å². The number of aryl methyl sites for hydroxylation is 2. The van der Waals surface area contributed by atoms with Crippen LogP contribution in [0, 0.1) is 5.82 Å². The van der Waals surface area contributed by atoms with E-state index in [9.17, 15) is 4.39 Å². The van der Waals surface area contributed by atoms with Crippen LogP contribution >= 0.6 is 0 Å². The first kappa shape index (κ1) is 15.6. The molecule has 0 saturated carbocycles. The summed E-state index contributed by atoms with van der Waals surface area (Å²) < 4.78 is 19.0. The van der Waals surface area contributed by atoms with Crippen LogP contribution in [0.15, 0.2) is 59.3 Å². The third-order valence-electron chi connectivity index (χ3n) is 4.33. The van der Waals surface area contributed by atoms with Crippen LogP contribution in [-0.2, 0) is 19.3 Å². The molecule has 2 heterocycles. The number of aromatic nitrogens is 3. The molecule has 0 aliphatic carbocycles. The Morgan fingerprint density at radius 2 is 1.80 bits per heavy atom. The predicted molar refractivity (Wildman–Crippen MR) is 93.8 cm³/mol. The molecule has 1 N–H and O–H groups in total. The summed E-state index contributed by atoms with van der Waals surface area (Å²) in [6.07, 6.45) is 4.97. The maximum absolute atomic E-state index is 13.7. The summed E-state index contributed by atoms with van der Waals surface area (Å²) in [7, 11) is 0. The van der Waals surface area contributed by atoms with Crippen molar-refractivity contribution in [1.29, 1.82) is 0 Å². The second-order valence-electron chi connectivity index (χ2n) is 6.09. The van der Waals surface area contributed by atoms with E-state index in [1.807, 2.05) is 12.1 Å². The Morgan fingerprint density at radius 1 is 0.960 bits per heavy atom. The molecule has 0 spiro atoms. The van der Waals surface area contributed by atoms with Gasteiger partial charge in [-0.1, -0.05) is 41.6 Å². The van der Waals surface area contributed by atoms with Crippen molar-refractivity contribution in [1.82, 2.24) is 15.1 Å². The van der Waals surface area contributed by atoms with Crippen LogP contribution in [0.5, 0.6) is 0 Å². The Kier molecular flexibility index (Phi) is 4.29. The highest BCUT2D eigenvalue weighted by Crippen LogP contribution is 2.19. The number of halogens is 1. The molecule has 0 aliphatic heterocycles. The molecule has 0 saturated heterocycles. The van der Waals surface area contributed by atoms with Gasteiger partial charge in [0, 0.05) is 29.9 Å². The molecule has 126 valence electrons. The van der Waals surface area contributed by atoms with Crippen LogP contribution in [-0.4, -0.2) is 15.1 Å². The topological polar surface area (TPSA) is 54.7 Å². The fraction of sp³-hybridized carbons (Fsp3) is 0.200. The Morgan fingerprint density at radius 3 is 2.72 bits per heavy atom. The fourth-order valence-electron chi connectivity index (χ4n) is 3.04. The van der Waals surface area contributed by atoms with Crippen molar-refractivity contribution in [3.05, 3.63) is 83.4 Å². The lowest BCUT2D eigenvalue weighted by molar-refractivity contribution is 0.371. The Bertz CT molecular complexity index is 989. The molecular weight excluding hydrogens is 317 g/mol. The van der Waals surface area contributed by atoms with Crippen molar-refractivity contribution in [3.63, 3.8) is 0 Å². The van der Waals surface area contributed by atoms with E-state index in [1.165, 1.54) is 17.0 Å². The van der Waals surface area contributed by atoms with E-state index < -0.39 is 0 Å². The van der Waals surface area contributed by atoms with Gasteiger partial charge in [-0.05, 0) is 36.1 Å². The molecule has 5 heteroatoms. The summed E-state index contributed by atoms with van der Waals surface area (Å²) >= 11 is 0. The fourth-order valence-corrected chi connectivity index (χ4v) is 3.04. The number of nitrogens with one attached hydrogen (secondary N) is 1. The van der Waals surface area contributed by atoms with Gasteiger partial charge in [-0.2, -0.15) is 4.98 Å². The molecule has 2 aromatic heterocycles. The smallest absolute Gasteiger partial charge is 0.226 e. The molecule has 4 aromatic rings. The number of para-hydroxylation sites is 1. The minimum atomic E-state index is -0.242. The summed E-state index contributed by atoms with van der Waals surface area (Å²) in [5, 5.41) is 5.22. The normalized spacial score (nSPS) is 11.2. The van der Waals surface area contributed by atoms with Gasteiger partial charge in [0.15, 0.2) is 5.82 Å². The van der Waals surface area contributed by atoms with E-state index in [2.05, 4.69) is 33.5 Å². The van der Waals surface area contributed by atoms with Crippen LogP contribution in [0.4, 0.5) is 4.39 Å². The van der Waals surface area contributed by atoms with E-state index in [1.54, 1.807) is 18.2 Å². The van der Waals surface area contributed by atoms with Gasteiger partial charge < -0.3 is 9.51 Å². The van der Waals surface area contributed by atoms with E-state index in [0.29, 0.717) is 30.1 Å². The van der Waals surface area contributed by atoms with Crippen molar-refractivity contribution >= 4 is 10.9 Å². The number of rotatable bonds is 6. The van der Waals surface area contributed by atoms with Crippen molar-refractivity contribution in [2.75, 3.05) is 0 Å². The summed E-state index contributed by atoms with van der Waals surface area (Å²) in [5.41, 5.74) is 3.03. The first-order valence-corrected chi connectivity index (χ1v) is 8.39. The first-order valence-electron chi connectivity index (χ1n) is 8.39. The lowest BCUT2D eigenvalue weighted by Gasteiger charge is -1.98. The molecule has 0 bridgehead atoms. The molecule has 0 unspecified atom stereocenters. The summed E-state index contributed by atoms with van der Waals surface area (Å²) in [4.78, 5) is 7.66. The van der Waals surface area contributed by atoms with E-state index >= 15 is 0 Å². The van der Waals surface area contributed by atoms with Gasteiger partial charge in [0.25, 0.3) is 0 Å². The van der Waals surface area contributed by atoms with Crippen LogP contribution in [0.25, 0.3) is 10.9 Å². The molecule has 0 atom stereocenters. The molecule has 0 aliphatic rings.